The lowest BCUT2D eigenvalue weighted by atomic mass is 9.87. The van der Waals surface area contributed by atoms with E-state index in [1.165, 1.54) is 24.4 Å². The summed E-state index contributed by atoms with van der Waals surface area (Å²) in [5.41, 5.74) is 3.04. The Morgan fingerprint density at radius 3 is 3.05 bits per heavy atom. The van der Waals surface area contributed by atoms with Gasteiger partial charge in [0, 0.05) is 0 Å². The van der Waals surface area contributed by atoms with Crippen molar-refractivity contribution in [1.82, 2.24) is 9.55 Å². The molecule has 0 N–H and O–H groups in total. The van der Waals surface area contributed by atoms with Gasteiger partial charge < -0.3 is 9.30 Å². The number of thiol groups is 1. The van der Waals surface area contributed by atoms with Gasteiger partial charge >= 0.3 is 5.97 Å². The van der Waals surface area contributed by atoms with Crippen LogP contribution in [0.5, 0.6) is 0 Å². The maximum atomic E-state index is 11.9. The Morgan fingerprint density at radius 1 is 1.45 bits per heavy atom. The molecule has 104 valence electrons. The topological polar surface area (TPSA) is 44.1 Å². The van der Waals surface area contributed by atoms with E-state index in [-0.39, 0.29) is 12.0 Å². The lowest BCUT2D eigenvalue weighted by Gasteiger charge is -2.28. The predicted molar refractivity (Wildman–Crippen MR) is 78.3 cm³/mol. The zero-order valence-electron chi connectivity index (χ0n) is 11.2. The Kier molecular flexibility index (Phi) is 3.53. The Bertz CT molecular complexity index is 651. The van der Waals surface area contributed by atoms with Crippen LogP contribution in [0.3, 0.4) is 0 Å². The number of carbonyl (C=O) groups is 1. The summed E-state index contributed by atoms with van der Waals surface area (Å²) in [6.45, 7) is 0. The second-order valence-corrected chi connectivity index (χ2v) is 5.31. The molecule has 0 radical (unpaired) electrons. The van der Waals surface area contributed by atoms with Gasteiger partial charge in [-0.3, -0.25) is 0 Å². The number of esters is 1. The minimum Gasteiger partial charge on any atom is -0.464 e. The monoisotopic (exact) mass is 288 g/mol. The SMILES string of the molecule is COC(=O)c1cnc(S)n1[C@@H]1CCCc2ccccc21. The molecule has 5 heteroatoms. The summed E-state index contributed by atoms with van der Waals surface area (Å²) in [5.74, 6) is -0.374. The molecule has 1 aromatic carbocycles. The number of nitrogens with zero attached hydrogens (tertiary/aromatic N) is 2. The molecular weight excluding hydrogens is 272 g/mol. The second kappa shape index (κ2) is 5.32. The van der Waals surface area contributed by atoms with Crippen LogP contribution in [0.15, 0.2) is 35.6 Å². The minimum absolute atomic E-state index is 0.101. The molecular formula is C15H16N2O2S. The van der Waals surface area contributed by atoms with Crippen molar-refractivity contribution in [2.75, 3.05) is 7.11 Å². The third-order valence-electron chi connectivity index (χ3n) is 3.82. The first-order valence-electron chi connectivity index (χ1n) is 6.64. The van der Waals surface area contributed by atoms with Crippen molar-refractivity contribution in [2.24, 2.45) is 0 Å². The van der Waals surface area contributed by atoms with Crippen molar-refractivity contribution in [3.63, 3.8) is 0 Å². The standard InChI is InChI=1S/C15H16N2O2S/c1-19-14(18)13-9-16-15(20)17(13)12-8-4-6-10-5-2-3-7-11(10)12/h2-3,5,7,9,12H,4,6,8H2,1H3,(H,16,20)/t12-/m1/s1. The van der Waals surface area contributed by atoms with Crippen molar-refractivity contribution < 1.29 is 9.53 Å². The zero-order valence-corrected chi connectivity index (χ0v) is 12.1. The van der Waals surface area contributed by atoms with Gasteiger partial charge in [-0.2, -0.15) is 0 Å². The summed E-state index contributed by atoms with van der Waals surface area (Å²) in [6, 6.07) is 8.45. The molecule has 20 heavy (non-hydrogen) atoms. The number of benzene rings is 1. The van der Waals surface area contributed by atoms with Crippen LogP contribution in [0.1, 0.15) is 40.5 Å². The lowest BCUT2D eigenvalue weighted by Crippen LogP contribution is -2.21. The average Bonchev–Trinajstić information content (AvgIpc) is 2.87. The van der Waals surface area contributed by atoms with Crippen LogP contribution in [-0.4, -0.2) is 22.6 Å². The van der Waals surface area contributed by atoms with Gasteiger partial charge in [-0.1, -0.05) is 24.3 Å². The molecule has 3 rings (SSSR count). The lowest BCUT2D eigenvalue weighted by molar-refractivity contribution is 0.0585. The number of fused-ring (bicyclic) bond motifs is 1. The Labute approximate surface area is 123 Å². The summed E-state index contributed by atoms with van der Waals surface area (Å²) in [5, 5.41) is 0.548. The zero-order chi connectivity index (χ0) is 14.1. The summed E-state index contributed by atoms with van der Waals surface area (Å²) in [4.78, 5) is 16.0. The predicted octanol–water partition coefficient (Wildman–Crippen LogP) is 2.88. The molecule has 0 aliphatic heterocycles. The summed E-state index contributed by atoms with van der Waals surface area (Å²) in [6.07, 6.45) is 4.68. The highest BCUT2D eigenvalue weighted by atomic mass is 32.1. The molecule has 0 saturated carbocycles. The largest absolute Gasteiger partial charge is 0.464 e. The highest BCUT2D eigenvalue weighted by Crippen LogP contribution is 2.35. The normalized spacial score (nSPS) is 17.6. The van der Waals surface area contributed by atoms with Crippen LogP contribution in [0.2, 0.25) is 0 Å². The molecule has 0 saturated heterocycles. The molecule has 2 aromatic rings. The first kappa shape index (κ1) is 13.2. The smallest absolute Gasteiger partial charge is 0.356 e. The molecule has 0 unspecified atom stereocenters. The van der Waals surface area contributed by atoms with Gasteiger partial charge in [-0.15, -0.1) is 12.6 Å². The van der Waals surface area contributed by atoms with Crippen molar-refractivity contribution in [3.8, 4) is 0 Å². The number of hydrogen-bond acceptors (Lipinski definition) is 4. The van der Waals surface area contributed by atoms with Crippen LogP contribution in [0, 0.1) is 0 Å². The number of carbonyl (C=O) groups excluding carboxylic acids is 1. The molecule has 1 heterocycles. The van der Waals surface area contributed by atoms with Crippen LogP contribution < -0.4 is 0 Å². The van der Waals surface area contributed by atoms with Crippen molar-refractivity contribution in [1.29, 1.82) is 0 Å². The van der Waals surface area contributed by atoms with Crippen LogP contribution in [0.4, 0.5) is 0 Å². The molecule has 0 fully saturated rings. The fraction of sp³-hybridized carbons (Fsp3) is 0.333. The fourth-order valence-corrected chi connectivity index (χ4v) is 3.22. The van der Waals surface area contributed by atoms with Crippen molar-refractivity contribution in [3.05, 3.63) is 47.3 Å². The number of aryl methyl sites for hydroxylation is 1. The maximum absolute atomic E-state index is 11.9. The summed E-state index contributed by atoms with van der Waals surface area (Å²) in [7, 11) is 1.38. The van der Waals surface area contributed by atoms with Gasteiger partial charge in [0.2, 0.25) is 0 Å². The molecule has 0 amide bonds. The van der Waals surface area contributed by atoms with Crippen LogP contribution >= 0.6 is 12.6 Å². The molecule has 1 atom stereocenters. The first-order valence-corrected chi connectivity index (χ1v) is 7.09. The van der Waals surface area contributed by atoms with Crippen LogP contribution in [-0.2, 0) is 11.2 Å². The third-order valence-corrected chi connectivity index (χ3v) is 4.15. The number of aromatic nitrogens is 2. The van der Waals surface area contributed by atoms with E-state index in [9.17, 15) is 4.79 Å². The van der Waals surface area contributed by atoms with E-state index in [1.807, 2.05) is 10.6 Å². The highest BCUT2D eigenvalue weighted by molar-refractivity contribution is 7.80. The molecule has 0 bridgehead atoms. The number of hydrogen-bond donors (Lipinski definition) is 1. The van der Waals surface area contributed by atoms with E-state index in [0.29, 0.717) is 10.9 Å². The number of methoxy groups -OCH3 is 1. The Morgan fingerprint density at radius 2 is 2.25 bits per heavy atom. The fourth-order valence-electron chi connectivity index (χ4n) is 2.91. The van der Waals surface area contributed by atoms with Gasteiger partial charge in [0.05, 0.1) is 19.3 Å². The van der Waals surface area contributed by atoms with E-state index >= 15 is 0 Å². The summed E-state index contributed by atoms with van der Waals surface area (Å²) >= 11 is 4.40. The van der Waals surface area contributed by atoms with E-state index in [4.69, 9.17) is 4.74 Å². The third kappa shape index (κ3) is 2.12. The molecule has 1 aromatic heterocycles. The highest BCUT2D eigenvalue weighted by Gasteiger charge is 2.27. The maximum Gasteiger partial charge on any atom is 0.356 e. The number of rotatable bonds is 2. The quantitative estimate of drug-likeness (QED) is 0.682. The molecule has 1 aliphatic carbocycles. The van der Waals surface area contributed by atoms with E-state index in [1.54, 1.807) is 0 Å². The van der Waals surface area contributed by atoms with E-state index in [2.05, 4.69) is 35.8 Å². The van der Waals surface area contributed by atoms with Gasteiger partial charge in [0.15, 0.2) is 5.16 Å². The minimum atomic E-state index is -0.374. The van der Waals surface area contributed by atoms with Gasteiger partial charge in [0.25, 0.3) is 0 Å². The Balaban J connectivity index is 2.11. The van der Waals surface area contributed by atoms with Gasteiger partial charge in [-0.25, -0.2) is 9.78 Å². The van der Waals surface area contributed by atoms with Crippen molar-refractivity contribution in [2.45, 2.75) is 30.5 Å². The number of ether oxygens (including phenoxy) is 1. The van der Waals surface area contributed by atoms with Gasteiger partial charge in [-0.05, 0) is 30.4 Å². The van der Waals surface area contributed by atoms with E-state index in [0.717, 1.165) is 19.3 Å². The molecule has 0 spiro atoms. The van der Waals surface area contributed by atoms with Crippen molar-refractivity contribution >= 4 is 18.6 Å². The van der Waals surface area contributed by atoms with Crippen LogP contribution in [0.25, 0.3) is 0 Å². The second-order valence-electron chi connectivity index (χ2n) is 4.91. The number of imidazole rings is 1. The first-order chi connectivity index (χ1) is 9.72. The summed E-state index contributed by atoms with van der Waals surface area (Å²) < 4.78 is 6.72. The van der Waals surface area contributed by atoms with Gasteiger partial charge in [0.1, 0.15) is 5.69 Å². The molecule has 1 aliphatic rings. The van der Waals surface area contributed by atoms with E-state index < -0.39 is 0 Å². The average molecular weight is 288 g/mol. The molecule has 4 nitrogen and oxygen atoms in total. The Hall–Kier alpha value is -1.75.